The topological polar surface area (TPSA) is 58.2 Å². The molecule has 6 heteroatoms. The van der Waals surface area contributed by atoms with Crippen molar-refractivity contribution in [3.05, 3.63) is 51.3 Å². The molecule has 2 aliphatic rings. The summed E-state index contributed by atoms with van der Waals surface area (Å²) < 4.78 is 6.92. The van der Waals surface area contributed by atoms with Crippen LogP contribution in [0.3, 0.4) is 0 Å². The Kier molecular flexibility index (Phi) is 4.41. The summed E-state index contributed by atoms with van der Waals surface area (Å²) in [6, 6.07) is 8.09. The van der Waals surface area contributed by atoms with Crippen LogP contribution in [0.1, 0.15) is 46.3 Å². The van der Waals surface area contributed by atoms with Gasteiger partial charge in [0.25, 0.3) is 5.91 Å². The summed E-state index contributed by atoms with van der Waals surface area (Å²) in [5.74, 6) is 0.0276. The summed E-state index contributed by atoms with van der Waals surface area (Å²) >= 11 is 3.45. The van der Waals surface area contributed by atoms with Gasteiger partial charge in [0, 0.05) is 22.3 Å². The molecular formula is C18H20BrN3O2. The highest BCUT2D eigenvalue weighted by molar-refractivity contribution is 9.10. The van der Waals surface area contributed by atoms with Crippen LogP contribution in [0.2, 0.25) is 0 Å². The van der Waals surface area contributed by atoms with E-state index in [0.29, 0.717) is 25.4 Å². The first kappa shape index (κ1) is 15.8. The molecule has 1 saturated heterocycles. The Labute approximate surface area is 149 Å². The fourth-order valence-electron chi connectivity index (χ4n) is 3.52. The zero-order valence-electron chi connectivity index (χ0n) is 13.4. The maximum Gasteiger partial charge on any atom is 0.274 e. The third kappa shape index (κ3) is 3.00. The minimum Gasteiger partial charge on any atom is -0.370 e. The van der Waals surface area contributed by atoms with Gasteiger partial charge in [-0.3, -0.25) is 9.89 Å². The molecule has 1 unspecified atom stereocenters. The second-order valence-corrected chi connectivity index (χ2v) is 7.31. The zero-order valence-corrected chi connectivity index (χ0v) is 15.0. The molecule has 1 aliphatic heterocycles. The number of halogens is 1. The number of hydrogen-bond acceptors (Lipinski definition) is 3. The number of carbonyl (C=O) groups is 1. The van der Waals surface area contributed by atoms with Gasteiger partial charge in [-0.25, -0.2) is 0 Å². The summed E-state index contributed by atoms with van der Waals surface area (Å²) in [6.07, 6.45) is 4.18. The van der Waals surface area contributed by atoms with Crippen LogP contribution in [0.4, 0.5) is 0 Å². The van der Waals surface area contributed by atoms with Crippen LogP contribution in [0.25, 0.3) is 0 Å². The number of fused-ring (bicyclic) bond motifs is 1. The van der Waals surface area contributed by atoms with E-state index in [0.717, 1.165) is 40.6 Å². The van der Waals surface area contributed by atoms with Crippen LogP contribution < -0.4 is 0 Å². The molecule has 2 heterocycles. The van der Waals surface area contributed by atoms with Gasteiger partial charge in [0.05, 0.1) is 13.2 Å². The Bertz CT molecular complexity index is 741. The summed E-state index contributed by atoms with van der Waals surface area (Å²) in [5.41, 5.74) is 3.97. The quantitative estimate of drug-likeness (QED) is 0.857. The number of nitrogens with zero attached hydrogens (tertiary/aromatic N) is 2. The Morgan fingerprint density at radius 2 is 2.04 bits per heavy atom. The molecule has 1 aromatic carbocycles. The van der Waals surface area contributed by atoms with Crippen molar-refractivity contribution in [2.75, 3.05) is 19.7 Å². The molecule has 0 spiro atoms. The number of aromatic nitrogens is 2. The van der Waals surface area contributed by atoms with Crippen LogP contribution in [0, 0.1) is 0 Å². The number of carbonyl (C=O) groups excluding carboxylic acids is 1. The smallest absolute Gasteiger partial charge is 0.274 e. The third-order valence-corrected chi connectivity index (χ3v) is 5.38. The highest BCUT2D eigenvalue weighted by Gasteiger charge is 2.30. The molecule has 1 aromatic heterocycles. The Balaban J connectivity index is 1.52. The number of hydrogen-bond donors (Lipinski definition) is 1. The average Bonchev–Trinajstić information content (AvgIpc) is 3.06. The molecule has 5 nitrogen and oxygen atoms in total. The molecule has 1 N–H and O–H groups in total. The Morgan fingerprint density at radius 1 is 1.25 bits per heavy atom. The lowest BCUT2D eigenvalue weighted by Crippen LogP contribution is -2.42. The summed E-state index contributed by atoms with van der Waals surface area (Å²) in [5, 5.41) is 7.38. The van der Waals surface area contributed by atoms with Gasteiger partial charge in [0.2, 0.25) is 0 Å². The largest absolute Gasteiger partial charge is 0.370 e. The molecule has 2 aromatic rings. The lowest BCUT2D eigenvalue weighted by Gasteiger charge is -2.33. The highest BCUT2D eigenvalue weighted by atomic mass is 79.9. The predicted octanol–water partition coefficient (Wildman–Crippen LogP) is 3.26. The highest BCUT2D eigenvalue weighted by Crippen LogP contribution is 2.27. The van der Waals surface area contributed by atoms with E-state index < -0.39 is 0 Å². The monoisotopic (exact) mass is 389 g/mol. The molecular weight excluding hydrogens is 370 g/mol. The molecule has 0 radical (unpaired) electrons. The van der Waals surface area contributed by atoms with Crippen molar-refractivity contribution in [1.29, 1.82) is 0 Å². The van der Waals surface area contributed by atoms with Crippen molar-refractivity contribution in [2.45, 2.75) is 31.8 Å². The molecule has 0 bridgehead atoms. The molecule has 4 rings (SSSR count). The predicted molar refractivity (Wildman–Crippen MR) is 94.0 cm³/mol. The molecule has 1 atom stereocenters. The van der Waals surface area contributed by atoms with Crippen LogP contribution >= 0.6 is 15.9 Å². The standard InChI is InChI=1S/C18H20BrN3O2/c19-13-7-5-12(6-8-13)16-11-22(9-10-24-16)18(23)17-14-3-1-2-4-15(14)20-21-17/h5-8,16H,1-4,9-11H2,(H,20,21). The van der Waals surface area contributed by atoms with Crippen LogP contribution in [0.5, 0.6) is 0 Å². The first-order chi connectivity index (χ1) is 11.7. The van der Waals surface area contributed by atoms with Crippen molar-refractivity contribution >= 4 is 21.8 Å². The first-order valence-electron chi connectivity index (χ1n) is 8.45. The number of rotatable bonds is 2. The van der Waals surface area contributed by atoms with Gasteiger partial charge in [0.1, 0.15) is 6.10 Å². The second kappa shape index (κ2) is 6.69. The zero-order chi connectivity index (χ0) is 16.5. The van der Waals surface area contributed by atoms with Crippen LogP contribution in [-0.2, 0) is 17.6 Å². The van der Waals surface area contributed by atoms with E-state index in [9.17, 15) is 4.79 Å². The van der Waals surface area contributed by atoms with E-state index in [2.05, 4.69) is 26.1 Å². The van der Waals surface area contributed by atoms with Gasteiger partial charge in [0.15, 0.2) is 5.69 Å². The Hall–Kier alpha value is -1.66. The molecule has 1 aliphatic carbocycles. The minimum absolute atomic E-state index is 0.0276. The van der Waals surface area contributed by atoms with Crippen molar-refractivity contribution in [1.82, 2.24) is 15.1 Å². The number of aromatic amines is 1. The van der Waals surface area contributed by atoms with Gasteiger partial charge in [-0.15, -0.1) is 0 Å². The lowest BCUT2D eigenvalue weighted by atomic mass is 9.95. The Morgan fingerprint density at radius 3 is 2.88 bits per heavy atom. The van der Waals surface area contributed by atoms with E-state index in [-0.39, 0.29) is 12.0 Å². The lowest BCUT2D eigenvalue weighted by molar-refractivity contribution is -0.0230. The van der Waals surface area contributed by atoms with Gasteiger partial charge in [-0.2, -0.15) is 5.10 Å². The van der Waals surface area contributed by atoms with E-state index >= 15 is 0 Å². The molecule has 126 valence electrons. The summed E-state index contributed by atoms with van der Waals surface area (Å²) in [6.45, 7) is 1.74. The minimum atomic E-state index is -0.0782. The van der Waals surface area contributed by atoms with E-state index in [1.807, 2.05) is 29.2 Å². The second-order valence-electron chi connectivity index (χ2n) is 6.40. The van der Waals surface area contributed by atoms with Gasteiger partial charge in [-0.1, -0.05) is 28.1 Å². The molecule has 0 saturated carbocycles. The van der Waals surface area contributed by atoms with Crippen molar-refractivity contribution in [3.8, 4) is 0 Å². The number of ether oxygens (including phenoxy) is 1. The number of benzene rings is 1. The van der Waals surface area contributed by atoms with E-state index in [1.54, 1.807) is 0 Å². The van der Waals surface area contributed by atoms with E-state index in [4.69, 9.17) is 4.74 Å². The van der Waals surface area contributed by atoms with Gasteiger partial charge < -0.3 is 9.64 Å². The molecule has 1 amide bonds. The van der Waals surface area contributed by atoms with Crippen molar-refractivity contribution in [2.24, 2.45) is 0 Å². The SMILES string of the molecule is O=C(c1n[nH]c2c1CCCC2)N1CCOC(c2ccc(Br)cc2)C1. The van der Waals surface area contributed by atoms with Gasteiger partial charge in [-0.05, 0) is 43.4 Å². The summed E-state index contributed by atoms with van der Waals surface area (Å²) in [4.78, 5) is 14.8. The average molecular weight is 390 g/mol. The van der Waals surface area contributed by atoms with Crippen molar-refractivity contribution in [3.63, 3.8) is 0 Å². The van der Waals surface area contributed by atoms with Gasteiger partial charge >= 0.3 is 0 Å². The number of amides is 1. The molecule has 1 fully saturated rings. The van der Waals surface area contributed by atoms with E-state index in [1.165, 1.54) is 6.42 Å². The fourth-order valence-corrected chi connectivity index (χ4v) is 3.78. The number of aryl methyl sites for hydroxylation is 1. The van der Waals surface area contributed by atoms with Crippen molar-refractivity contribution < 1.29 is 9.53 Å². The summed E-state index contributed by atoms with van der Waals surface area (Å²) in [7, 11) is 0. The normalized spacial score (nSPS) is 20.7. The number of H-pyrrole nitrogens is 1. The van der Waals surface area contributed by atoms with Crippen LogP contribution in [0.15, 0.2) is 28.7 Å². The maximum absolute atomic E-state index is 12.9. The molecule has 24 heavy (non-hydrogen) atoms. The first-order valence-corrected chi connectivity index (χ1v) is 9.24. The third-order valence-electron chi connectivity index (χ3n) is 4.85. The number of nitrogens with one attached hydrogen (secondary N) is 1. The van der Waals surface area contributed by atoms with Crippen LogP contribution in [-0.4, -0.2) is 40.7 Å². The maximum atomic E-state index is 12.9. The number of morpholine rings is 1. The fraction of sp³-hybridized carbons (Fsp3) is 0.444.